The van der Waals surface area contributed by atoms with Crippen LogP contribution in [0.15, 0.2) is 24.3 Å². The number of benzene rings is 1. The third kappa shape index (κ3) is 5.95. The molecule has 1 aromatic rings. The number of nitrogens with one attached hydrogen (secondary N) is 1. The first-order valence-electron chi connectivity index (χ1n) is 6.19. The summed E-state index contributed by atoms with van der Waals surface area (Å²) in [4.78, 5) is 11.4. The first kappa shape index (κ1) is 16.3. The number of alkyl carbamates (subject to hydrolysis) is 1. The van der Waals surface area contributed by atoms with Gasteiger partial charge in [0.1, 0.15) is 0 Å². The minimum absolute atomic E-state index is 0.0310. The number of amides is 1. The van der Waals surface area contributed by atoms with E-state index in [1.165, 1.54) is 6.07 Å². The van der Waals surface area contributed by atoms with E-state index in [0.29, 0.717) is 5.56 Å². The molecule has 0 heterocycles. The quantitative estimate of drug-likeness (QED) is 0.919. The van der Waals surface area contributed by atoms with E-state index in [4.69, 9.17) is 4.74 Å². The molecule has 1 N–H and O–H groups in total. The highest BCUT2D eigenvalue weighted by molar-refractivity contribution is 5.68. The first-order valence-corrected chi connectivity index (χ1v) is 6.19. The molecule has 0 bridgehead atoms. The van der Waals surface area contributed by atoms with E-state index < -0.39 is 23.4 Å². The van der Waals surface area contributed by atoms with Crippen LogP contribution in [0, 0.1) is 0 Å². The zero-order chi connectivity index (χ0) is 15.4. The Hall–Kier alpha value is -1.72. The normalized spacial score (nSPS) is 12.1. The monoisotopic (exact) mass is 289 g/mol. The molecule has 0 saturated heterocycles. The van der Waals surface area contributed by atoms with Crippen molar-refractivity contribution in [1.82, 2.24) is 5.32 Å². The highest BCUT2D eigenvalue weighted by Crippen LogP contribution is 2.29. The predicted molar refractivity (Wildman–Crippen MR) is 69.4 cm³/mol. The van der Waals surface area contributed by atoms with Crippen LogP contribution < -0.4 is 5.32 Å². The van der Waals surface area contributed by atoms with E-state index in [-0.39, 0.29) is 13.0 Å². The van der Waals surface area contributed by atoms with Crippen LogP contribution in [0.4, 0.5) is 18.0 Å². The fourth-order valence-electron chi connectivity index (χ4n) is 1.51. The van der Waals surface area contributed by atoms with E-state index in [1.54, 1.807) is 26.8 Å². The van der Waals surface area contributed by atoms with Crippen LogP contribution in [0.5, 0.6) is 0 Å². The number of hydrogen-bond acceptors (Lipinski definition) is 2. The van der Waals surface area contributed by atoms with Gasteiger partial charge in [-0.25, -0.2) is 4.79 Å². The zero-order valence-corrected chi connectivity index (χ0v) is 11.7. The molecular formula is C14H18F3NO2. The van der Waals surface area contributed by atoms with Crippen molar-refractivity contribution >= 4 is 6.09 Å². The molecule has 6 heteroatoms. The van der Waals surface area contributed by atoms with Crippen molar-refractivity contribution in [3.63, 3.8) is 0 Å². The lowest BCUT2D eigenvalue weighted by molar-refractivity contribution is -0.137. The van der Waals surface area contributed by atoms with E-state index in [2.05, 4.69) is 5.32 Å². The summed E-state index contributed by atoms with van der Waals surface area (Å²) in [7, 11) is 0. The topological polar surface area (TPSA) is 38.3 Å². The predicted octanol–water partition coefficient (Wildman–Crippen LogP) is 3.77. The molecule has 112 valence electrons. The summed E-state index contributed by atoms with van der Waals surface area (Å²) in [6.07, 6.45) is -4.70. The maximum Gasteiger partial charge on any atom is 0.416 e. The van der Waals surface area contributed by atoms with Gasteiger partial charge < -0.3 is 10.1 Å². The van der Waals surface area contributed by atoms with Crippen LogP contribution in [0.25, 0.3) is 0 Å². The summed E-state index contributed by atoms with van der Waals surface area (Å²) in [5.41, 5.74) is -0.634. The third-order valence-corrected chi connectivity index (χ3v) is 2.36. The SMILES string of the molecule is CC(C)(C)NC(=O)OCCc1cccc(C(F)(F)F)c1. The van der Waals surface area contributed by atoms with Gasteiger partial charge in [0, 0.05) is 12.0 Å². The minimum Gasteiger partial charge on any atom is -0.449 e. The van der Waals surface area contributed by atoms with Gasteiger partial charge in [-0.3, -0.25) is 0 Å². The molecule has 0 aromatic heterocycles. The number of alkyl halides is 3. The number of carbonyl (C=O) groups is 1. The van der Waals surface area contributed by atoms with Gasteiger partial charge in [0.2, 0.25) is 0 Å². The number of hydrogen-bond donors (Lipinski definition) is 1. The van der Waals surface area contributed by atoms with Crippen LogP contribution in [0.1, 0.15) is 31.9 Å². The molecule has 1 rings (SSSR count). The number of ether oxygens (including phenoxy) is 1. The van der Waals surface area contributed by atoms with Gasteiger partial charge in [0.25, 0.3) is 0 Å². The summed E-state index contributed by atoms with van der Waals surface area (Å²) in [6.45, 7) is 5.45. The second-order valence-corrected chi connectivity index (χ2v) is 5.46. The molecule has 0 fully saturated rings. The van der Waals surface area contributed by atoms with Gasteiger partial charge in [-0.15, -0.1) is 0 Å². The Morgan fingerprint density at radius 2 is 1.90 bits per heavy atom. The molecule has 20 heavy (non-hydrogen) atoms. The maximum atomic E-state index is 12.5. The van der Waals surface area contributed by atoms with Crippen molar-refractivity contribution in [2.24, 2.45) is 0 Å². The largest absolute Gasteiger partial charge is 0.449 e. The second kappa shape index (κ2) is 6.15. The molecule has 0 aliphatic rings. The van der Waals surface area contributed by atoms with Gasteiger partial charge in [-0.05, 0) is 32.4 Å². The smallest absolute Gasteiger partial charge is 0.416 e. The van der Waals surface area contributed by atoms with Crippen molar-refractivity contribution in [3.8, 4) is 0 Å². The Bertz CT molecular complexity index is 464. The molecule has 0 saturated carbocycles. The molecule has 0 unspecified atom stereocenters. The summed E-state index contributed by atoms with van der Waals surface area (Å²) < 4.78 is 42.4. The minimum atomic E-state index is -4.36. The molecule has 0 radical (unpaired) electrons. The lowest BCUT2D eigenvalue weighted by Gasteiger charge is -2.19. The van der Waals surface area contributed by atoms with Crippen molar-refractivity contribution in [2.75, 3.05) is 6.61 Å². The van der Waals surface area contributed by atoms with Crippen molar-refractivity contribution < 1.29 is 22.7 Å². The summed E-state index contributed by atoms with van der Waals surface area (Å²) in [5, 5.41) is 2.60. The van der Waals surface area contributed by atoms with Crippen molar-refractivity contribution in [3.05, 3.63) is 35.4 Å². The molecular weight excluding hydrogens is 271 g/mol. The Kier molecular flexibility index (Phi) is 5.03. The van der Waals surface area contributed by atoms with Gasteiger partial charge in [-0.1, -0.05) is 18.2 Å². The summed E-state index contributed by atoms with van der Waals surface area (Å²) in [5.74, 6) is 0. The van der Waals surface area contributed by atoms with E-state index in [0.717, 1.165) is 12.1 Å². The molecule has 0 spiro atoms. The average molecular weight is 289 g/mol. The molecule has 3 nitrogen and oxygen atoms in total. The lowest BCUT2D eigenvalue weighted by Crippen LogP contribution is -2.41. The highest BCUT2D eigenvalue weighted by Gasteiger charge is 2.30. The van der Waals surface area contributed by atoms with Crippen LogP contribution in [-0.2, 0) is 17.3 Å². The Balaban J connectivity index is 2.49. The summed E-state index contributed by atoms with van der Waals surface area (Å²) in [6, 6.07) is 4.98. The molecule has 0 atom stereocenters. The number of halogens is 3. The Labute approximate surface area is 116 Å². The van der Waals surface area contributed by atoms with E-state index in [9.17, 15) is 18.0 Å². The third-order valence-electron chi connectivity index (χ3n) is 2.36. The Morgan fingerprint density at radius 1 is 1.25 bits per heavy atom. The zero-order valence-electron chi connectivity index (χ0n) is 11.7. The number of carbonyl (C=O) groups excluding carboxylic acids is 1. The van der Waals surface area contributed by atoms with Gasteiger partial charge in [-0.2, -0.15) is 13.2 Å². The first-order chi connectivity index (χ1) is 9.08. The molecule has 1 aromatic carbocycles. The van der Waals surface area contributed by atoms with Gasteiger partial charge >= 0.3 is 12.3 Å². The maximum absolute atomic E-state index is 12.5. The van der Waals surface area contributed by atoms with Crippen LogP contribution in [0.3, 0.4) is 0 Å². The molecule has 1 amide bonds. The van der Waals surface area contributed by atoms with Crippen LogP contribution in [-0.4, -0.2) is 18.2 Å². The second-order valence-electron chi connectivity index (χ2n) is 5.46. The van der Waals surface area contributed by atoms with Crippen molar-refractivity contribution in [1.29, 1.82) is 0 Å². The number of rotatable bonds is 3. The van der Waals surface area contributed by atoms with Crippen LogP contribution >= 0.6 is 0 Å². The fraction of sp³-hybridized carbons (Fsp3) is 0.500. The van der Waals surface area contributed by atoms with E-state index >= 15 is 0 Å². The average Bonchev–Trinajstić information content (AvgIpc) is 2.25. The van der Waals surface area contributed by atoms with E-state index in [1.807, 2.05) is 0 Å². The standard InChI is InChI=1S/C14H18F3NO2/c1-13(2,3)18-12(19)20-8-7-10-5-4-6-11(9-10)14(15,16)17/h4-6,9H,7-8H2,1-3H3,(H,18,19). The molecule has 0 aliphatic carbocycles. The van der Waals surface area contributed by atoms with Gasteiger partial charge in [0.15, 0.2) is 0 Å². The van der Waals surface area contributed by atoms with Crippen molar-refractivity contribution in [2.45, 2.75) is 38.9 Å². The summed E-state index contributed by atoms with van der Waals surface area (Å²) >= 11 is 0. The highest BCUT2D eigenvalue weighted by atomic mass is 19.4. The van der Waals surface area contributed by atoms with Gasteiger partial charge in [0.05, 0.1) is 12.2 Å². The van der Waals surface area contributed by atoms with Crippen LogP contribution in [0.2, 0.25) is 0 Å². The molecule has 0 aliphatic heterocycles. The lowest BCUT2D eigenvalue weighted by atomic mass is 10.1. The Morgan fingerprint density at radius 3 is 2.45 bits per heavy atom. The fourth-order valence-corrected chi connectivity index (χ4v) is 1.51.